The maximum absolute atomic E-state index is 12.8. The number of nitrogens with zero attached hydrogens (tertiary/aromatic N) is 1. The molecular weight excluding hydrogens is 345 g/mol. The fourth-order valence-corrected chi connectivity index (χ4v) is 3.04. The van der Waals surface area contributed by atoms with Crippen LogP contribution >= 0.6 is 0 Å². The Morgan fingerprint density at radius 1 is 1.12 bits per heavy atom. The van der Waals surface area contributed by atoms with Gasteiger partial charge in [0.2, 0.25) is 5.91 Å². The highest BCUT2D eigenvalue weighted by Crippen LogP contribution is 2.31. The highest BCUT2D eigenvalue weighted by Gasteiger charge is 2.31. The first-order valence-electron chi connectivity index (χ1n) is 8.15. The van der Waals surface area contributed by atoms with Crippen molar-refractivity contribution in [2.75, 3.05) is 16.8 Å². The second kappa shape index (κ2) is 6.82. The molecule has 4 nitrogen and oxygen atoms in total. The van der Waals surface area contributed by atoms with Crippen LogP contribution in [0, 0.1) is 0 Å². The molecule has 0 spiro atoms. The summed E-state index contributed by atoms with van der Waals surface area (Å²) in [6, 6.07) is 9.44. The van der Waals surface area contributed by atoms with Crippen molar-refractivity contribution >= 4 is 23.2 Å². The van der Waals surface area contributed by atoms with Gasteiger partial charge in [-0.15, -0.1) is 0 Å². The molecule has 0 unspecified atom stereocenters. The quantitative estimate of drug-likeness (QED) is 0.868. The zero-order chi connectivity index (χ0) is 18.9. The standard InChI is InChI=1S/C19H17F3N2O2/c1-12(25)24-9-3-5-13-11-16(7-8-17(13)24)23-18(26)14-4-2-6-15(10-14)19(20,21)22/h2,4,6-8,10-11H,3,5,9H2,1H3,(H,23,26). The van der Waals surface area contributed by atoms with E-state index < -0.39 is 17.6 Å². The summed E-state index contributed by atoms with van der Waals surface area (Å²) in [5.41, 5.74) is 1.28. The third-order valence-electron chi connectivity index (χ3n) is 4.29. The predicted molar refractivity (Wildman–Crippen MR) is 92.2 cm³/mol. The maximum atomic E-state index is 12.8. The van der Waals surface area contributed by atoms with Gasteiger partial charge in [0, 0.05) is 30.4 Å². The van der Waals surface area contributed by atoms with Crippen molar-refractivity contribution in [3.8, 4) is 0 Å². The Morgan fingerprint density at radius 3 is 2.58 bits per heavy atom. The van der Waals surface area contributed by atoms with Gasteiger partial charge in [-0.3, -0.25) is 9.59 Å². The van der Waals surface area contributed by atoms with Crippen LogP contribution in [0.1, 0.15) is 34.8 Å². The smallest absolute Gasteiger partial charge is 0.322 e. The molecule has 2 aromatic carbocycles. The molecule has 7 heteroatoms. The minimum atomic E-state index is -4.50. The van der Waals surface area contributed by atoms with Gasteiger partial charge in [-0.2, -0.15) is 13.2 Å². The number of nitrogens with one attached hydrogen (secondary N) is 1. The van der Waals surface area contributed by atoms with Crippen molar-refractivity contribution in [3.63, 3.8) is 0 Å². The Morgan fingerprint density at radius 2 is 1.88 bits per heavy atom. The molecule has 0 aliphatic carbocycles. The zero-order valence-electron chi connectivity index (χ0n) is 14.1. The highest BCUT2D eigenvalue weighted by molar-refractivity contribution is 6.04. The summed E-state index contributed by atoms with van der Waals surface area (Å²) in [6.07, 6.45) is -2.91. The molecule has 3 rings (SSSR count). The topological polar surface area (TPSA) is 49.4 Å². The first kappa shape index (κ1) is 18.0. The van der Waals surface area contributed by atoms with E-state index in [-0.39, 0.29) is 11.5 Å². The average Bonchev–Trinajstić information content (AvgIpc) is 2.60. The summed E-state index contributed by atoms with van der Waals surface area (Å²) in [6.45, 7) is 2.15. The van der Waals surface area contributed by atoms with Gasteiger partial charge in [-0.05, 0) is 54.8 Å². The Bertz CT molecular complexity index is 862. The van der Waals surface area contributed by atoms with Crippen molar-refractivity contribution in [2.24, 2.45) is 0 Å². The lowest BCUT2D eigenvalue weighted by atomic mass is 10.0. The number of fused-ring (bicyclic) bond motifs is 1. The number of amides is 2. The molecule has 1 heterocycles. The number of carbonyl (C=O) groups excluding carboxylic acids is 2. The van der Waals surface area contributed by atoms with Crippen molar-refractivity contribution in [1.29, 1.82) is 0 Å². The van der Waals surface area contributed by atoms with E-state index in [1.807, 2.05) is 0 Å². The highest BCUT2D eigenvalue weighted by atomic mass is 19.4. The molecule has 136 valence electrons. The van der Waals surface area contributed by atoms with E-state index in [0.29, 0.717) is 12.2 Å². The zero-order valence-corrected chi connectivity index (χ0v) is 14.1. The molecular formula is C19H17F3N2O2. The van der Waals surface area contributed by atoms with Gasteiger partial charge in [-0.1, -0.05) is 6.07 Å². The maximum Gasteiger partial charge on any atom is 0.416 e. The summed E-state index contributed by atoms with van der Waals surface area (Å²) in [5.74, 6) is -0.665. The molecule has 0 saturated heterocycles. The Hall–Kier alpha value is -2.83. The van der Waals surface area contributed by atoms with E-state index in [9.17, 15) is 22.8 Å². The van der Waals surface area contributed by atoms with Crippen LogP contribution in [0.3, 0.4) is 0 Å². The van der Waals surface area contributed by atoms with Crippen LogP contribution in [0.4, 0.5) is 24.5 Å². The molecule has 2 amide bonds. The molecule has 0 saturated carbocycles. The number of rotatable bonds is 2. The largest absolute Gasteiger partial charge is 0.416 e. The van der Waals surface area contributed by atoms with Crippen molar-refractivity contribution in [2.45, 2.75) is 25.9 Å². The normalized spacial score (nSPS) is 13.9. The molecule has 26 heavy (non-hydrogen) atoms. The lowest BCUT2D eigenvalue weighted by molar-refractivity contribution is -0.137. The van der Waals surface area contributed by atoms with E-state index in [4.69, 9.17) is 0 Å². The molecule has 0 fully saturated rings. The van der Waals surface area contributed by atoms with Gasteiger partial charge < -0.3 is 10.2 Å². The molecule has 0 aromatic heterocycles. The summed E-state index contributed by atoms with van der Waals surface area (Å²) >= 11 is 0. The Balaban J connectivity index is 1.82. The van der Waals surface area contributed by atoms with E-state index in [1.165, 1.54) is 19.1 Å². The SMILES string of the molecule is CC(=O)N1CCCc2cc(NC(=O)c3cccc(C(F)(F)F)c3)ccc21. The number of hydrogen-bond acceptors (Lipinski definition) is 2. The summed E-state index contributed by atoms with van der Waals surface area (Å²) in [5, 5.41) is 2.62. The third-order valence-corrected chi connectivity index (χ3v) is 4.29. The lowest BCUT2D eigenvalue weighted by Gasteiger charge is -2.29. The summed E-state index contributed by atoms with van der Waals surface area (Å²) < 4.78 is 38.4. The average molecular weight is 362 g/mol. The Kier molecular flexibility index (Phi) is 4.71. The lowest BCUT2D eigenvalue weighted by Crippen LogP contribution is -2.33. The fraction of sp³-hybridized carbons (Fsp3) is 0.263. The van der Waals surface area contributed by atoms with Crippen molar-refractivity contribution in [3.05, 3.63) is 59.2 Å². The van der Waals surface area contributed by atoms with Crippen LogP contribution in [-0.4, -0.2) is 18.4 Å². The molecule has 1 aliphatic rings. The number of aryl methyl sites for hydroxylation is 1. The van der Waals surface area contributed by atoms with Gasteiger partial charge in [0.15, 0.2) is 0 Å². The van der Waals surface area contributed by atoms with E-state index >= 15 is 0 Å². The first-order valence-corrected chi connectivity index (χ1v) is 8.15. The van der Waals surface area contributed by atoms with Crippen LogP contribution < -0.4 is 10.2 Å². The third kappa shape index (κ3) is 3.71. The molecule has 1 aliphatic heterocycles. The molecule has 0 bridgehead atoms. The van der Waals surface area contributed by atoms with E-state index in [2.05, 4.69) is 5.32 Å². The summed E-state index contributed by atoms with van der Waals surface area (Å²) in [4.78, 5) is 25.7. The number of halogens is 3. The van der Waals surface area contributed by atoms with Crippen LogP contribution in [0.15, 0.2) is 42.5 Å². The van der Waals surface area contributed by atoms with E-state index in [0.717, 1.165) is 36.2 Å². The monoisotopic (exact) mass is 362 g/mol. The van der Waals surface area contributed by atoms with Crippen LogP contribution in [0.25, 0.3) is 0 Å². The molecule has 2 aromatic rings. The summed E-state index contributed by atoms with van der Waals surface area (Å²) in [7, 11) is 0. The molecule has 0 radical (unpaired) electrons. The van der Waals surface area contributed by atoms with Gasteiger partial charge >= 0.3 is 6.18 Å². The van der Waals surface area contributed by atoms with Crippen LogP contribution in [-0.2, 0) is 17.4 Å². The van der Waals surface area contributed by atoms with Gasteiger partial charge in [0.05, 0.1) is 5.56 Å². The Labute approximate surface area is 148 Å². The molecule has 1 N–H and O–H groups in total. The predicted octanol–water partition coefficient (Wildman–Crippen LogP) is 4.26. The van der Waals surface area contributed by atoms with Crippen LogP contribution in [0.2, 0.25) is 0 Å². The number of alkyl halides is 3. The van der Waals surface area contributed by atoms with Crippen LogP contribution in [0.5, 0.6) is 0 Å². The minimum absolute atomic E-state index is 0.0494. The molecule has 0 atom stereocenters. The second-order valence-corrected chi connectivity index (χ2v) is 6.15. The van der Waals surface area contributed by atoms with Gasteiger partial charge in [0.1, 0.15) is 0 Å². The fourth-order valence-electron chi connectivity index (χ4n) is 3.04. The van der Waals surface area contributed by atoms with Gasteiger partial charge in [0.25, 0.3) is 5.91 Å². The second-order valence-electron chi connectivity index (χ2n) is 6.15. The van der Waals surface area contributed by atoms with Crippen molar-refractivity contribution in [1.82, 2.24) is 0 Å². The van der Waals surface area contributed by atoms with Gasteiger partial charge in [-0.25, -0.2) is 0 Å². The minimum Gasteiger partial charge on any atom is -0.322 e. The number of hydrogen-bond donors (Lipinski definition) is 1. The first-order chi connectivity index (χ1) is 12.3. The number of carbonyl (C=O) groups is 2. The van der Waals surface area contributed by atoms with Crippen molar-refractivity contribution < 1.29 is 22.8 Å². The number of benzene rings is 2. The number of anilines is 2. The van der Waals surface area contributed by atoms with E-state index in [1.54, 1.807) is 23.1 Å².